The van der Waals surface area contributed by atoms with Gasteiger partial charge in [-0.05, 0) is 12.5 Å². The Hall–Kier alpha value is -1.17. The van der Waals surface area contributed by atoms with Gasteiger partial charge in [0.1, 0.15) is 11.3 Å². The maximum absolute atomic E-state index is 13.3. The standard InChI is InChI=1S/C12H12ClFN2O2/c1-17-6-2-10(15-5-6)12-16-9-3-7(13)8(14)4-11(9)18-12/h3-4,6,10,15H,2,5H2,1H3. The summed E-state index contributed by atoms with van der Waals surface area (Å²) in [6.07, 6.45) is 0.949. The summed E-state index contributed by atoms with van der Waals surface area (Å²) in [5.74, 6) is 0.0484. The molecular formula is C12H12ClFN2O2. The zero-order valence-corrected chi connectivity index (χ0v) is 10.5. The molecule has 2 aromatic rings. The Morgan fingerprint density at radius 3 is 3.11 bits per heavy atom. The maximum Gasteiger partial charge on any atom is 0.212 e. The van der Waals surface area contributed by atoms with Crippen LogP contribution in [-0.2, 0) is 4.74 Å². The lowest BCUT2D eigenvalue weighted by molar-refractivity contribution is 0.116. The molecule has 3 rings (SSSR count). The van der Waals surface area contributed by atoms with E-state index >= 15 is 0 Å². The van der Waals surface area contributed by atoms with Gasteiger partial charge in [-0.2, -0.15) is 0 Å². The molecule has 1 fully saturated rings. The van der Waals surface area contributed by atoms with Gasteiger partial charge in [0, 0.05) is 19.7 Å². The molecule has 1 aromatic heterocycles. The van der Waals surface area contributed by atoms with E-state index in [4.69, 9.17) is 20.8 Å². The number of benzene rings is 1. The van der Waals surface area contributed by atoms with Gasteiger partial charge in [-0.25, -0.2) is 9.37 Å². The fourth-order valence-corrected chi connectivity index (χ4v) is 2.32. The second-order valence-corrected chi connectivity index (χ2v) is 4.75. The van der Waals surface area contributed by atoms with Crippen LogP contribution in [0.3, 0.4) is 0 Å². The number of fused-ring (bicyclic) bond motifs is 1. The third kappa shape index (κ3) is 1.98. The number of oxazole rings is 1. The fourth-order valence-electron chi connectivity index (χ4n) is 2.16. The maximum atomic E-state index is 13.3. The van der Waals surface area contributed by atoms with Crippen molar-refractivity contribution in [2.24, 2.45) is 0 Å². The predicted octanol–water partition coefficient (Wildman–Crippen LogP) is 2.67. The van der Waals surface area contributed by atoms with Crippen LogP contribution >= 0.6 is 11.6 Å². The first kappa shape index (κ1) is 11.9. The summed E-state index contributed by atoms with van der Waals surface area (Å²) in [6.45, 7) is 0.759. The molecule has 18 heavy (non-hydrogen) atoms. The van der Waals surface area contributed by atoms with Crippen LogP contribution in [0.2, 0.25) is 5.02 Å². The van der Waals surface area contributed by atoms with Crippen molar-refractivity contribution >= 4 is 22.7 Å². The fraction of sp³-hybridized carbons (Fsp3) is 0.417. The minimum absolute atomic E-state index is 0.00388. The van der Waals surface area contributed by atoms with Crippen molar-refractivity contribution in [2.45, 2.75) is 18.6 Å². The van der Waals surface area contributed by atoms with E-state index in [1.54, 1.807) is 7.11 Å². The molecule has 1 N–H and O–H groups in total. The smallest absolute Gasteiger partial charge is 0.212 e. The molecule has 96 valence electrons. The SMILES string of the molecule is COC1CNC(c2nc3cc(Cl)c(F)cc3o2)C1. The quantitative estimate of drug-likeness (QED) is 0.911. The number of rotatable bonds is 2. The van der Waals surface area contributed by atoms with Gasteiger partial charge in [-0.3, -0.25) is 0 Å². The largest absolute Gasteiger partial charge is 0.439 e. The molecular weight excluding hydrogens is 259 g/mol. The van der Waals surface area contributed by atoms with E-state index in [2.05, 4.69) is 10.3 Å². The zero-order valence-electron chi connectivity index (χ0n) is 9.74. The van der Waals surface area contributed by atoms with Crippen molar-refractivity contribution in [3.05, 3.63) is 28.9 Å². The van der Waals surface area contributed by atoms with Gasteiger partial charge >= 0.3 is 0 Å². The lowest BCUT2D eigenvalue weighted by atomic mass is 10.2. The van der Waals surface area contributed by atoms with Gasteiger partial charge in [0.15, 0.2) is 5.58 Å². The van der Waals surface area contributed by atoms with E-state index in [1.807, 2.05) is 0 Å². The molecule has 1 aliphatic heterocycles. The van der Waals surface area contributed by atoms with Gasteiger partial charge in [-0.15, -0.1) is 0 Å². The van der Waals surface area contributed by atoms with Gasteiger partial charge in [0.2, 0.25) is 5.89 Å². The van der Waals surface area contributed by atoms with Crippen LogP contribution in [0, 0.1) is 5.82 Å². The lowest BCUT2D eigenvalue weighted by Gasteiger charge is -2.04. The predicted molar refractivity (Wildman–Crippen MR) is 65.1 cm³/mol. The van der Waals surface area contributed by atoms with Crippen LogP contribution in [0.15, 0.2) is 16.5 Å². The second kappa shape index (κ2) is 4.50. The normalized spacial score (nSPS) is 23.9. The van der Waals surface area contributed by atoms with E-state index in [0.717, 1.165) is 13.0 Å². The number of nitrogens with zero attached hydrogens (tertiary/aromatic N) is 1. The highest BCUT2D eigenvalue weighted by Gasteiger charge is 2.28. The van der Waals surface area contributed by atoms with Gasteiger partial charge in [0.25, 0.3) is 0 Å². The second-order valence-electron chi connectivity index (χ2n) is 4.34. The monoisotopic (exact) mass is 270 g/mol. The number of nitrogens with one attached hydrogen (secondary N) is 1. The minimum Gasteiger partial charge on any atom is -0.439 e. The van der Waals surface area contributed by atoms with Gasteiger partial charge in [0.05, 0.1) is 17.2 Å². The summed E-state index contributed by atoms with van der Waals surface area (Å²) in [7, 11) is 1.68. The van der Waals surface area contributed by atoms with Crippen LogP contribution in [-0.4, -0.2) is 24.7 Å². The van der Waals surface area contributed by atoms with Crippen molar-refractivity contribution in [1.82, 2.24) is 10.3 Å². The molecule has 0 spiro atoms. The topological polar surface area (TPSA) is 47.3 Å². The van der Waals surface area contributed by atoms with E-state index in [0.29, 0.717) is 17.0 Å². The lowest BCUT2D eigenvalue weighted by Crippen LogP contribution is -2.16. The Balaban J connectivity index is 1.94. The number of ether oxygens (including phenoxy) is 1. The van der Waals surface area contributed by atoms with Crippen LogP contribution < -0.4 is 5.32 Å². The third-order valence-corrected chi connectivity index (χ3v) is 3.46. The molecule has 2 heterocycles. The molecule has 1 aromatic carbocycles. The molecule has 1 aliphatic rings. The van der Waals surface area contributed by atoms with E-state index in [9.17, 15) is 4.39 Å². The first-order valence-corrected chi connectivity index (χ1v) is 6.07. The Bertz CT molecular complexity index is 548. The average Bonchev–Trinajstić information content (AvgIpc) is 2.95. The number of hydrogen-bond donors (Lipinski definition) is 1. The van der Waals surface area contributed by atoms with Crippen molar-refractivity contribution in [2.75, 3.05) is 13.7 Å². The van der Waals surface area contributed by atoms with Crippen LogP contribution in [0.4, 0.5) is 4.39 Å². The molecule has 0 radical (unpaired) electrons. The molecule has 0 aliphatic carbocycles. The van der Waals surface area contributed by atoms with E-state index < -0.39 is 5.82 Å². The number of hydrogen-bond acceptors (Lipinski definition) is 4. The highest BCUT2D eigenvalue weighted by atomic mass is 35.5. The van der Waals surface area contributed by atoms with Crippen molar-refractivity contribution in [3.63, 3.8) is 0 Å². The minimum atomic E-state index is -0.499. The Kier molecular flexibility index (Phi) is 2.97. The number of methoxy groups -OCH3 is 1. The molecule has 6 heteroatoms. The van der Waals surface area contributed by atoms with Gasteiger partial charge < -0.3 is 14.5 Å². The van der Waals surface area contributed by atoms with Crippen molar-refractivity contribution in [1.29, 1.82) is 0 Å². The first-order valence-electron chi connectivity index (χ1n) is 5.69. The Labute approximate surface area is 108 Å². The number of aromatic nitrogens is 1. The summed E-state index contributed by atoms with van der Waals surface area (Å²) in [6, 6.07) is 2.74. The molecule has 0 saturated carbocycles. The summed E-state index contributed by atoms with van der Waals surface area (Å²) in [5.41, 5.74) is 0.980. The summed E-state index contributed by atoms with van der Waals surface area (Å²) >= 11 is 5.71. The highest BCUT2D eigenvalue weighted by Crippen LogP contribution is 2.29. The average molecular weight is 271 g/mol. The Morgan fingerprint density at radius 1 is 1.56 bits per heavy atom. The molecule has 0 bridgehead atoms. The van der Waals surface area contributed by atoms with Crippen molar-refractivity contribution < 1.29 is 13.5 Å². The molecule has 2 atom stereocenters. The zero-order chi connectivity index (χ0) is 12.7. The molecule has 2 unspecified atom stereocenters. The van der Waals surface area contributed by atoms with Crippen LogP contribution in [0.25, 0.3) is 11.1 Å². The Morgan fingerprint density at radius 2 is 2.39 bits per heavy atom. The van der Waals surface area contributed by atoms with Gasteiger partial charge in [-0.1, -0.05) is 11.6 Å². The van der Waals surface area contributed by atoms with Crippen LogP contribution in [0.1, 0.15) is 18.4 Å². The first-order chi connectivity index (χ1) is 8.67. The van der Waals surface area contributed by atoms with Crippen molar-refractivity contribution in [3.8, 4) is 0 Å². The molecule has 0 amide bonds. The summed E-state index contributed by atoms with van der Waals surface area (Å²) in [4.78, 5) is 4.33. The van der Waals surface area contributed by atoms with E-state index in [1.165, 1.54) is 12.1 Å². The summed E-state index contributed by atoms with van der Waals surface area (Å²) < 4.78 is 24.1. The highest BCUT2D eigenvalue weighted by molar-refractivity contribution is 6.31. The van der Waals surface area contributed by atoms with Crippen LogP contribution in [0.5, 0.6) is 0 Å². The molecule has 4 nitrogen and oxygen atoms in total. The third-order valence-electron chi connectivity index (χ3n) is 3.17. The molecule has 1 saturated heterocycles. The summed E-state index contributed by atoms with van der Waals surface area (Å²) in [5, 5.41) is 3.31. The van der Waals surface area contributed by atoms with E-state index in [-0.39, 0.29) is 17.2 Å². The number of halogens is 2.